The van der Waals surface area contributed by atoms with E-state index in [1.54, 1.807) is 18.3 Å². The lowest BCUT2D eigenvalue weighted by molar-refractivity contribution is -0.131. The van der Waals surface area contributed by atoms with Crippen LogP contribution in [0.3, 0.4) is 0 Å². The van der Waals surface area contributed by atoms with Crippen molar-refractivity contribution in [3.8, 4) is 11.4 Å². The molecule has 0 aliphatic carbocycles. The number of benzene rings is 1. The van der Waals surface area contributed by atoms with Gasteiger partial charge >= 0.3 is 0 Å². The zero-order valence-electron chi connectivity index (χ0n) is 15.6. The summed E-state index contributed by atoms with van der Waals surface area (Å²) in [5.41, 5.74) is 0.672. The van der Waals surface area contributed by atoms with Crippen LogP contribution in [0, 0.1) is 5.82 Å². The number of aryl methyl sites for hydroxylation is 1. The van der Waals surface area contributed by atoms with Crippen LogP contribution in [0.5, 0.6) is 0 Å². The molecule has 1 aliphatic heterocycles. The summed E-state index contributed by atoms with van der Waals surface area (Å²) in [6.45, 7) is 2.80. The maximum Gasteiger partial charge on any atom is 0.227 e. The minimum atomic E-state index is -0.320. The number of piperazine rings is 1. The zero-order valence-corrected chi connectivity index (χ0v) is 17.2. The van der Waals surface area contributed by atoms with Crippen LogP contribution in [-0.4, -0.2) is 52.1 Å². The molecule has 1 aromatic carbocycles. The Morgan fingerprint density at radius 3 is 2.55 bits per heavy atom. The van der Waals surface area contributed by atoms with E-state index in [2.05, 4.69) is 36.0 Å². The van der Waals surface area contributed by atoms with E-state index in [-0.39, 0.29) is 11.7 Å². The van der Waals surface area contributed by atoms with Crippen molar-refractivity contribution in [3.63, 3.8) is 0 Å². The third kappa shape index (κ3) is 4.79. The number of carbonyl (C=O) groups excluding carboxylic acids is 1. The summed E-state index contributed by atoms with van der Waals surface area (Å²) in [5.74, 6) is 1.45. The van der Waals surface area contributed by atoms with Gasteiger partial charge in [0.15, 0.2) is 0 Å². The Hall–Kier alpha value is -2.81. The van der Waals surface area contributed by atoms with Crippen LogP contribution in [0.4, 0.5) is 10.2 Å². The van der Waals surface area contributed by atoms with Gasteiger partial charge in [0.2, 0.25) is 17.6 Å². The highest BCUT2D eigenvalue weighted by Gasteiger charge is 2.22. The van der Waals surface area contributed by atoms with E-state index in [1.165, 1.54) is 12.1 Å². The number of amides is 1. The first-order valence-electron chi connectivity index (χ1n) is 9.31. The summed E-state index contributed by atoms with van der Waals surface area (Å²) >= 11 is 3.39. The van der Waals surface area contributed by atoms with Crippen molar-refractivity contribution >= 4 is 27.7 Å². The number of nitrogens with zero attached hydrogens (tertiary/aromatic N) is 5. The second-order valence-corrected chi connectivity index (χ2v) is 7.64. The van der Waals surface area contributed by atoms with E-state index >= 15 is 0 Å². The highest BCUT2D eigenvalue weighted by molar-refractivity contribution is 9.10. The van der Waals surface area contributed by atoms with Crippen molar-refractivity contribution in [2.45, 2.75) is 12.8 Å². The number of carbonyl (C=O) groups is 1. The summed E-state index contributed by atoms with van der Waals surface area (Å²) in [4.78, 5) is 25.3. The Morgan fingerprint density at radius 1 is 1.10 bits per heavy atom. The lowest BCUT2D eigenvalue weighted by atomic mass is 10.2. The third-order valence-electron chi connectivity index (χ3n) is 4.79. The minimum absolute atomic E-state index is 0.0648. The molecule has 0 atom stereocenters. The SMILES string of the molecule is O=C(CCc1nc(-c2ccc(F)cc2)no1)N1CCN(c2ccc(Br)cn2)CC1. The van der Waals surface area contributed by atoms with Gasteiger partial charge in [0, 0.05) is 55.3 Å². The van der Waals surface area contributed by atoms with Gasteiger partial charge in [-0.2, -0.15) is 4.98 Å². The van der Waals surface area contributed by atoms with Crippen molar-refractivity contribution in [1.82, 2.24) is 20.0 Å². The second kappa shape index (κ2) is 8.69. The van der Waals surface area contributed by atoms with E-state index in [0.29, 0.717) is 43.2 Å². The molecule has 0 N–H and O–H groups in total. The predicted molar refractivity (Wildman–Crippen MR) is 109 cm³/mol. The molecule has 0 radical (unpaired) electrons. The van der Waals surface area contributed by atoms with Crippen LogP contribution in [0.2, 0.25) is 0 Å². The normalized spacial score (nSPS) is 14.3. The number of aromatic nitrogens is 3. The van der Waals surface area contributed by atoms with Crippen LogP contribution < -0.4 is 4.90 Å². The Balaban J connectivity index is 1.27. The molecule has 3 aromatic rings. The summed E-state index contributed by atoms with van der Waals surface area (Å²) < 4.78 is 19.2. The number of anilines is 1. The highest BCUT2D eigenvalue weighted by Crippen LogP contribution is 2.18. The van der Waals surface area contributed by atoms with Gasteiger partial charge < -0.3 is 14.3 Å². The first kappa shape index (κ1) is 19.5. The predicted octanol–water partition coefficient (Wildman–Crippen LogP) is 3.31. The lowest BCUT2D eigenvalue weighted by Gasteiger charge is -2.35. The average molecular weight is 460 g/mol. The average Bonchev–Trinajstić information content (AvgIpc) is 3.22. The molecule has 29 heavy (non-hydrogen) atoms. The molecule has 0 saturated carbocycles. The number of hydrogen-bond donors (Lipinski definition) is 0. The van der Waals surface area contributed by atoms with Crippen molar-refractivity contribution in [2.75, 3.05) is 31.1 Å². The fourth-order valence-electron chi connectivity index (χ4n) is 3.18. The molecule has 1 fully saturated rings. The van der Waals surface area contributed by atoms with Gasteiger partial charge in [-0.15, -0.1) is 0 Å². The zero-order chi connectivity index (χ0) is 20.2. The number of rotatable bonds is 5. The van der Waals surface area contributed by atoms with E-state index in [4.69, 9.17) is 4.52 Å². The first-order valence-corrected chi connectivity index (χ1v) is 10.1. The number of hydrogen-bond acceptors (Lipinski definition) is 6. The molecule has 0 bridgehead atoms. The maximum absolute atomic E-state index is 13.0. The van der Waals surface area contributed by atoms with Gasteiger partial charge in [-0.3, -0.25) is 4.79 Å². The Kier molecular flexibility index (Phi) is 5.84. The van der Waals surface area contributed by atoms with Gasteiger partial charge in [-0.05, 0) is 52.3 Å². The van der Waals surface area contributed by atoms with Crippen molar-refractivity contribution in [1.29, 1.82) is 0 Å². The quantitative estimate of drug-likeness (QED) is 0.582. The van der Waals surface area contributed by atoms with Crippen molar-refractivity contribution in [3.05, 3.63) is 58.8 Å². The fraction of sp³-hybridized carbons (Fsp3) is 0.300. The number of halogens is 2. The molecule has 1 saturated heterocycles. The molecule has 0 unspecified atom stereocenters. The van der Waals surface area contributed by atoms with Gasteiger partial charge in [-0.25, -0.2) is 9.37 Å². The molecule has 0 spiro atoms. The van der Waals surface area contributed by atoms with Crippen LogP contribution >= 0.6 is 15.9 Å². The molecule has 2 aromatic heterocycles. The Morgan fingerprint density at radius 2 is 1.86 bits per heavy atom. The smallest absolute Gasteiger partial charge is 0.227 e. The van der Waals surface area contributed by atoms with Gasteiger partial charge in [0.1, 0.15) is 11.6 Å². The first-order chi connectivity index (χ1) is 14.1. The molecule has 3 heterocycles. The highest BCUT2D eigenvalue weighted by atomic mass is 79.9. The van der Waals surface area contributed by atoms with Gasteiger partial charge in [-0.1, -0.05) is 5.16 Å². The molecule has 9 heteroatoms. The van der Waals surface area contributed by atoms with Crippen molar-refractivity contribution in [2.24, 2.45) is 0 Å². The van der Waals surface area contributed by atoms with Crippen LogP contribution in [-0.2, 0) is 11.2 Å². The topological polar surface area (TPSA) is 75.4 Å². The van der Waals surface area contributed by atoms with Crippen LogP contribution in [0.1, 0.15) is 12.3 Å². The van der Waals surface area contributed by atoms with E-state index in [0.717, 1.165) is 23.4 Å². The summed E-state index contributed by atoms with van der Waals surface area (Å²) in [6.07, 6.45) is 2.46. The molecule has 7 nitrogen and oxygen atoms in total. The standard InChI is InChI=1S/C20H19BrFN5O2/c21-15-3-6-17(23-13-15)26-9-11-27(12-10-26)19(28)8-7-18-24-20(25-29-18)14-1-4-16(22)5-2-14/h1-6,13H,7-12H2. The molecule has 1 aliphatic rings. The molecule has 4 rings (SSSR count). The Bertz CT molecular complexity index is 969. The monoisotopic (exact) mass is 459 g/mol. The fourth-order valence-corrected chi connectivity index (χ4v) is 3.42. The second-order valence-electron chi connectivity index (χ2n) is 6.72. The molecular weight excluding hydrogens is 441 g/mol. The molecule has 1 amide bonds. The van der Waals surface area contributed by atoms with Crippen LogP contribution in [0.25, 0.3) is 11.4 Å². The third-order valence-corrected chi connectivity index (χ3v) is 5.26. The van der Waals surface area contributed by atoms with E-state index in [9.17, 15) is 9.18 Å². The molecule has 150 valence electrons. The van der Waals surface area contributed by atoms with Gasteiger partial charge in [0.05, 0.1) is 0 Å². The molecular formula is C20H19BrFN5O2. The Labute approximate surface area is 175 Å². The van der Waals surface area contributed by atoms with E-state index < -0.39 is 0 Å². The van der Waals surface area contributed by atoms with Crippen LogP contribution in [0.15, 0.2) is 51.6 Å². The summed E-state index contributed by atoms with van der Waals surface area (Å²) in [6, 6.07) is 9.81. The number of pyridine rings is 1. The maximum atomic E-state index is 13.0. The lowest BCUT2D eigenvalue weighted by Crippen LogP contribution is -2.49. The minimum Gasteiger partial charge on any atom is -0.353 e. The van der Waals surface area contributed by atoms with Gasteiger partial charge in [0.25, 0.3) is 0 Å². The van der Waals surface area contributed by atoms with E-state index in [1.807, 2.05) is 17.0 Å². The summed E-state index contributed by atoms with van der Waals surface area (Å²) in [5, 5.41) is 3.91. The van der Waals surface area contributed by atoms with Crippen molar-refractivity contribution < 1.29 is 13.7 Å². The largest absolute Gasteiger partial charge is 0.353 e. The summed E-state index contributed by atoms with van der Waals surface area (Å²) in [7, 11) is 0.